The van der Waals surface area contributed by atoms with Crippen LogP contribution in [0.15, 0.2) is 59.1 Å². The first-order valence-corrected chi connectivity index (χ1v) is 8.82. The molecule has 0 aliphatic carbocycles. The number of fused-ring (bicyclic) bond motifs is 1. The zero-order chi connectivity index (χ0) is 18.6. The molecule has 0 fully saturated rings. The van der Waals surface area contributed by atoms with Crippen molar-refractivity contribution < 1.29 is 14.1 Å². The third kappa shape index (κ3) is 3.44. The first-order valence-electron chi connectivity index (χ1n) is 8.82. The highest BCUT2D eigenvalue weighted by Gasteiger charge is 2.34. The Kier molecular flexibility index (Phi) is 4.65. The highest BCUT2D eigenvalue weighted by Crippen LogP contribution is 2.22. The number of rotatable bonds is 7. The van der Waals surface area contributed by atoms with Gasteiger partial charge in [0.15, 0.2) is 0 Å². The van der Waals surface area contributed by atoms with E-state index in [1.54, 1.807) is 24.3 Å². The lowest BCUT2D eigenvalue weighted by Crippen LogP contribution is -2.30. The van der Waals surface area contributed by atoms with Crippen molar-refractivity contribution in [1.29, 1.82) is 0 Å². The molecule has 7 heteroatoms. The summed E-state index contributed by atoms with van der Waals surface area (Å²) in [5, 5.41) is 7.00. The van der Waals surface area contributed by atoms with Crippen LogP contribution in [0.3, 0.4) is 0 Å². The normalized spacial score (nSPS) is 13.1. The second kappa shape index (κ2) is 7.41. The molecule has 0 unspecified atom stereocenters. The lowest BCUT2D eigenvalue weighted by atomic mass is 10.1. The van der Waals surface area contributed by atoms with E-state index in [2.05, 4.69) is 15.5 Å². The van der Waals surface area contributed by atoms with Gasteiger partial charge in [-0.05, 0) is 42.3 Å². The van der Waals surface area contributed by atoms with Crippen molar-refractivity contribution in [3.05, 3.63) is 65.7 Å². The molecule has 1 aliphatic rings. The Morgan fingerprint density at radius 3 is 2.26 bits per heavy atom. The molecule has 0 bridgehead atoms. The number of carbonyl (C=O) groups excluding carboxylic acids is 2. The highest BCUT2D eigenvalue weighted by molar-refractivity contribution is 6.21. The Balaban J connectivity index is 1.24. The third-order valence-corrected chi connectivity index (χ3v) is 4.42. The minimum Gasteiger partial charge on any atom is -0.352 e. The van der Waals surface area contributed by atoms with Gasteiger partial charge in [-0.15, -0.1) is 0 Å². The minimum atomic E-state index is -0.214. The maximum absolute atomic E-state index is 12.3. The van der Waals surface area contributed by atoms with Crippen LogP contribution in [0.5, 0.6) is 0 Å². The van der Waals surface area contributed by atoms with Gasteiger partial charge in [0.25, 0.3) is 23.7 Å². The Hall–Kier alpha value is -3.48. The van der Waals surface area contributed by atoms with E-state index in [0.717, 1.165) is 12.0 Å². The van der Waals surface area contributed by atoms with E-state index >= 15 is 0 Å². The molecule has 0 atom stereocenters. The van der Waals surface area contributed by atoms with E-state index in [9.17, 15) is 9.59 Å². The van der Waals surface area contributed by atoms with Crippen LogP contribution < -0.4 is 5.32 Å². The molecule has 0 saturated heterocycles. The molecule has 27 heavy (non-hydrogen) atoms. The zero-order valence-electron chi connectivity index (χ0n) is 14.6. The van der Waals surface area contributed by atoms with Crippen molar-refractivity contribution in [1.82, 2.24) is 15.0 Å². The highest BCUT2D eigenvalue weighted by atomic mass is 16.5. The number of amides is 2. The zero-order valence-corrected chi connectivity index (χ0v) is 14.6. The lowest BCUT2D eigenvalue weighted by Gasteiger charge is -2.13. The fourth-order valence-corrected chi connectivity index (χ4v) is 3.03. The molecule has 1 aliphatic heterocycles. The van der Waals surface area contributed by atoms with Gasteiger partial charge in [-0.3, -0.25) is 14.5 Å². The molecule has 1 aromatic heterocycles. The largest absolute Gasteiger partial charge is 0.352 e. The molecule has 2 amide bonds. The van der Waals surface area contributed by atoms with Gasteiger partial charge in [0.2, 0.25) is 0 Å². The maximum atomic E-state index is 12.3. The number of unbranched alkanes of at least 4 members (excludes halogenated alkanes) is 1. The van der Waals surface area contributed by atoms with Gasteiger partial charge in [-0.2, -0.15) is 4.98 Å². The summed E-state index contributed by atoms with van der Waals surface area (Å²) < 4.78 is 5.23. The molecule has 2 heterocycles. The number of imide groups is 1. The quantitative estimate of drug-likeness (QED) is 0.513. The standard InChI is InChI=1S/C20H18N4O3/c25-18-15-10-4-5-11-16(15)19(26)24(18)13-7-6-12-21-20-22-17(27-23-20)14-8-2-1-3-9-14/h1-5,8-11H,6-7,12-13H2,(H,21,23). The van der Waals surface area contributed by atoms with Crippen LogP contribution in [-0.2, 0) is 0 Å². The van der Waals surface area contributed by atoms with Gasteiger partial charge in [0, 0.05) is 18.7 Å². The van der Waals surface area contributed by atoms with Crippen molar-refractivity contribution in [2.45, 2.75) is 12.8 Å². The van der Waals surface area contributed by atoms with E-state index in [1.807, 2.05) is 30.3 Å². The molecule has 3 aromatic rings. The Bertz CT molecular complexity index is 933. The lowest BCUT2D eigenvalue weighted by molar-refractivity contribution is 0.0652. The number of hydrogen-bond donors (Lipinski definition) is 1. The van der Waals surface area contributed by atoms with Crippen LogP contribution in [0, 0.1) is 0 Å². The predicted octanol–water partition coefficient (Wildman–Crippen LogP) is 3.22. The molecule has 1 N–H and O–H groups in total. The van der Waals surface area contributed by atoms with Crippen molar-refractivity contribution in [2.24, 2.45) is 0 Å². The third-order valence-electron chi connectivity index (χ3n) is 4.42. The first kappa shape index (κ1) is 17.0. The monoisotopic (exact) mass is 362 g/mol. The smallest absolute Gasteiger partial charge is 0.263 e. The van der Waals surface area contributed by atoms with Crippen LogP contribution in [0.25, 0.3) is 11.5 Å². The summed E-state index contributed by atoms with van der Waals surface area (Å²) in [6.45, 7) is 1.02. The number of nitrogens with one attached hydrogen (secondary N) is 1. The molecule has 4 rings (SSSR count). The number of benzene rings is 2. The molecule has 0 spiro atoms. The van der Waals surface area contributed by atoms with Crippen molar-refractivity contribution in [3.63, 3.8) is 0 Å². The summed E-state index contributed by atoms with van der Waals surface area (Å²) in [5.74, 6) is 0.460. The Morgan fingerprint density at radius 1 is 0.889 bits per heavy atom. The SMILES string of the molecule is O=C1c2ccccc2C(=O)N1CCCCNc1noc(-c2ccccc2)n1. The molecular weight excluding hydrogens is 344 g/mol. The Labute approximate surface area is 156 Å². The molecule has 136 valence electrons. The van der Waals surface area contributed by atoms with Crippen LogP contribution in [-0.4, -0.2) is 39.9 Å². The average molecular weight is 362 g/mol. The van der Waals surface area contributed by atoms with Crippen molar-refractivity contribution in [2.75, 3.05) is 18.4 Å². The van der Waals surface area contributed by atoms with Gasteiger partial charge in [-0.1, -0.05) is 30.3 Å². The number of hydrogen-bond acceptors (Lipinski definition) is 6. The van der Waals surface area contributed by atoms with E-state index in [-0.39, 0.29) is 11.8 Å². The molecule has 0 radical (unpaired) electrons. The van der Waals surface area contributed by atoms with Crippen molar-refractivity contribution in [3.8, 4) is 11.5 Å². The molecule has 7 nitrogen and oxygen atoms in total. The fourth-order valence-electron chi connectivity index (χ4n) is 3.03. The van der Waals surface area contributed by atoms with Crippen LogP contribution in [0.2, 0.25) is 0 Å². The predicted molar refractivity (Wildman–Crippen MR) is 99.3 cm³/mol. The fraction of sp³-hybridized carbons (Fsp3) is 0.200. The van der Waals surface area contributed by atoms with Crippen LogP contribution in [0.1, 0.15) is 33.6 Å². The van der Waals surface area contributed by atoms with Crippen LogP contribution >= 0.6 is 0 Å². The summed E-state index contributed by atoms with van der Waals surface area (Å²) in [6.07, 6.45) is 1.46. The molecule has 2 aromatic carbocycles. The van der Waals surface area contributed by atoms with E-state index < -0.39 is 0 Å². The second-order valence-corrected chi connectivity index (χ2v) is 6.23. The summed E-state index contributed by atoms with van der Waals surface area (Å²) in [6, 6.07) is 16.5. The average Bonchev–Trinajstić information content (AvgIpc) is 3.27. The van der Waals surface area contributed by atoms with Gasteiger partial charge in [0.1, 0.15) is 0 Å². The summed E-state index contributed by atoms with van der Waals surface area (Å²) in [5.41, 5.74) is 1.84. The molecule has 0 saturated carbocycles. The van der Waals surface area contributed by atoms with E-state index in [0.29, 0.717) is 42.5 Å². The van der Waals surface area contributed by atoms with Gasteiger partial charge in [0.05, 0.1) is 11.1 Å². The first-order chi connectivity index (χ1) is 13.2. The van der Waals surface area contributed by atoms with Crippen LogP contribution in [0.4, 0.5) is 5.95 Å². The van der Waals surface area contributed by atoms with Gasteiger partial charge in [-0.25, -0.2) is 0 Å². The number of nitrogens with zero attached hydrogens (tertiary/aromatic N) is 3. The van der Waals surface area contributed by atoms with E-state index in [1.165, 1.54) is 4.90 Å². The second-order valence-electron chi connectivity index (χ2n) is 6.23. The summed E-state index contributed by atoms with van der Waals surface area (Å²) in [7, 11) is 0. The number of aromatic nitrogens is 2. The summed E-state index contributed by atoms with van der Waals surface area (Å²) >= 11 is 0. The van der Waals surface area contributed by atoms with Crippen molar-refractivity contribution >= 4 is 17.8 Å². The minimum absolute atomic E-state index is 0.214. The van der Waals surface area contributed by atoms with Gasteiger partial charge < -0.3 is 9.84 Å². The topological polar surface area (TPSA) is 88.3 Å². The number of carbonyl (C=O) groups is 2. The summed E-state index contributed by atoms with van der Waals surface area (Å²) in [4.78, 5) is 30.2. The maximum Gasteiger partial charge on any atom is 0.263 e. The molecular formula is C20H18N4O3. The number of anilines is 1. The van der Waals surface area contributed by atoms with Gasteiger partial charge >= 0.3 is 0 Å². The van der Waals surface area contributed by atoms with E-state index in [4.69, 9.17) is 4.52 Å². The Morgan fingerprint density at radius 2 is 1.56 bits per heavy atom.